The molecule has 0 aromatic carbocycles. The third kappa shape index (κ3) is 2.76. The van der Waals surface area contributed by atoms with Crippen LogP contribution >= 0.6 is 0 Å². The van der Waals surface area contributed by atoms with Crippen LogP contribution in [-0.2, 0) is 13.1 Å². The quantitative estimate of drug-likeness (QED) is 0.261. The molecular weight excluding hydrogens is 216 g/mol. The van der Waals surface area contributed by atoms with Crippen molar-refractivity contribution in [1.82, 2.24) is 19.9 Å². The Morgan fingerprint density at radius 1 is 1.59 bits per heavy atom. The molecule has 0 radical (unpaired) electrons. The molecule has 0 saturated heterocycles. The highest BCUT2D eigenvalue weighted by atomic mass is 15.4. The highest BCUT2D eigenvalue weighted by molar-refractivity contribution is 5.79. The first-order valence-electron chi connectivity index (χ1n) is 6.11. The molecule has 1 aliphatic rings. The molecule has 6 nitrogen and oxygen atoms in total. The second kappa shape index (κ2) is 5.67. The lowest BCUT2D eigenvalue weighted by atomic mass is 10.3. The number of nitrogens with two attached hydrogens (primary N) is 1. The monoisotopic (exact) mass is 236 g/mol. The van der Waals surface area contributed by atoms with Crippen molar-refractivity contribution < 1.29 is 0 Å². The molecule has 1 aromatic heterocycles. The van der Waals surface area contributed by atoms with Gasteiger partial charge in [-0.15, -0.1) is 0 Å². The number of aromatic nitrogens is 2. The molecule has 0 unspecified atom stereocenters. The number of fused-ring (bicyclic) bond motifs is 1. The zero-order valence-corrected chi connectivity index (χ0v) is 10.3. The van der Waals surface area contributed by atoms with Crippen LogP contribution in [0.25, 0.3) is 0 Å². The fourth-order valence-corrected chi connectivity index (χ4v) is 1.93. The fourth-order valence-electron chi connectivity index (χ4n) is 1.93. The van der Waals surface area contributed by atoms with E-state index in [2.05, 4.69) is 31.8 Å². The van der Waals surface area contributed by atoms with Crippen LogP contribution in [0.3, 0.4) is 0 Å². The number of rotatable bonds is 3. The predicted octanol–water partition coefficient (Wildman–Crippen LogP) is 0.318. The number of guanidine groups is 1. The number of hydrogen-bond acceptors (Lipinski definition) is 3. The first-order chi connectivity index (χ1) is 8.35. The van der Waals surface area contributed by atoms with Crippen LogP contribution in [0.4, 0.5) is 0 Å². The van der Waals surface area contributed by atoms with Gasteiger partial charge in [-0.2, -0.15) is 0 Å². The number of unbranched alkanes of at least 4 members (excludes halogenated alkanes) is 1. The molecule has 6 heteroatoms. The summed E-state index contributed by atoms with van der Waals surface area (Å²) in [6, 6.07) is 0. The topological polar surface area (TPSA) is 71.5 Å². The van der Waals surface area contributed by atoms with E-state index < -0.39 is 0 Å². The molecule has 1 aromatic rings. The van der Waals surface area contributed by atoms with Gasteiger partial charge < -0.3 is 9.47 Å². The minimum absolute atomic E-state index is 0.766. The molecule has 0 aliphatic carbocycles. The highest BCUT2D eigenvalue weighted by Gasteiger charge is 2.18. The van der Waals surface area contributed by atoms with E-state index in [0.717, 1.165) is 50.8 Å². The number of aliphatic imine (C=N–C) groups is 1. The second-order valence-corrected chi connectivity index (χ2v) is 4.16. The van der Waals surface area contributed by atoms with Gasteiger partial charge in [0.05, 0.1) is 6.54 Å². The Balaban J connectivity index is 2.00. The molecule has 17 heavy (non-hydrogen) atoms. The normalized spacial score (nSPS) is 15.9. The van der Waals surface area contributed by atoms with Gasteiger partial charge in [0.25, 0.3) is 0 Å². The maximum atomic E-state index is 5.53. The molecule has 94 valence electrons. The summed E-state index contributed by atoms with van der Waals surface area (Å²) in [7, 11) is 0. The predicted molar refractivity (Wildman–Crippen MR) is 67.2 cm³/mol. The summed E-state index contributed by atoms with van der Waals surface area (Å²) in [4.78, 5) is 10.9. The summed E-state index contributed by atoms with van der Waals surface area (Å²) in [5.74, 6) is 7.37. The lowest BCUT2D eigenvalue weighted by Crippen LogP contribution is -2.48. The Bertz CT molecular complexity index is 383. The molecule has 3 N–H and O–H groups in total. The van der Waals surface area contributed by atoms with Gasteiger partial charge in [0.1, 0.15) is 5.82 Å². The van der Waals surface area contributed by atoms with E-state index in [1.165, 1.54) is 0 Å². The standard InChI is InChI=1S/C11H20N6/c1-2-3-4-14-11(15-12)17-8-7-16-6-5-13-10(16)9-17/h5-6H,2-4,7-9,12H2,1H3,(H,14,15). The Kier molecular flexibility index (Phi) is 3.98. The molecule has 2 heterocycles. The molecule has 2 rings (SSSR count). The molecular formula is C11H20N6. The Labute approximate surface area is 101 Å². The van der Waals surface area contributed by atoms with Gasteiger partial charge >= 0.3 is 0 Å². The average molecular weight is 236 g/mol. The third-order valence-electron chi connectivity index (χ3n) is 2.95. The van der Waals surface area contributed by atoms with E-state index in [4.69, 9.17) is 5.84 Å². The summed E-state index contributed by atoms with van der Waals surface area (Å²) < 4.78 is 2.16. The van der Waals surface area contributed by atoms with Crippen LogP contribution in [0.1, 0.15) is 25.6 Å². The van der Waals surface area contributed by atoms with Crippen molar-refractivity contribution in [1.29, 1.82) is 0 Å². The molecule has 0 bridgehead atoms. The number of imidazole rings is 1. The van der Waals surface area contributed by atoms with Gasteiger partial charge in [-0.1, -0.05) is 13.3 Å². The lowest BCUT2D eigenvalue weighted by molar-refractivity contribution is 0.319. The number of nitrogens with zero attached hydrogens (tertiary/aromatic N) is 4. The maximum absolute atomic E-state index is 5.53. The maximum Gasteiger partial charge on any atom is 0.208 e. The fraction of sp³-hybridized carbons (Fsp3) is 0.636. The van der Waals surface area contributed by atoms with Crippen molar-refractivity contribution in [2.45, 2.75) is 32.9 Å². The van der Waals surface area contributed by atoms with Gasteiger partial charge in [0.15, 0.2) is 0 Å². The van der Waals surface area contributed by atoms with Crippen molar-refractivity contribution in [2.75, 3.05) is 13.1 Å². The molecule has 0 spiro atoms. The molecule has 0 fully saturated rings. The SMILES string of the molecule is CCCCN=C(NN)N1CCn2ccnc2C1. The second-order valence-electron chi connectivity index (χ2n) is 4.16. The van der Waals surface area contributed by atoms with E-state index in [1.54, 1.807) is 0 Å². The van der Waals surface area contributed by atoms with Gasteiger partial charge in [-0.25, -0.2) is 10.8 Å². The Hall–Kier alpha value is -1.56. The van der Waals surface area contributed by atoms with Crippen LogP contribution < -0.4 is 11.3 Å². The number of hydrazine groups is 1. The first-order valence-corrected chi connectivity index (χ1v) is 6.11. The number of hydrogen-bond donors (Lipinski definition) is 2. The van der Waals surface area contributed by atoms with Gasteiger partial charge in [-0.05, 0) is 6.42 Å². The molecule has 1 aliphatic heterocycles. The minimum Gasteiger partial charge on any atom is -0.333 e. The highest BCUT2D eigenvalue weighted by Crippen LogP contribution is 2.10. The van der Waals surface area contributed by atoms with E-state index in [-0.39, 0.29) is 0 Å². The minimum atomic E-state index is 0.766. The smallest absolute Gasteiger partial charge is 0.208 e. The van der Waals surface area contributed by atoms with Crippen LogP contribution in [0.15, 0.2) is 17.4 Å². The summed E-state index contributed by atoms with van der Waals surface area (Å²) in [5.41, 5.74) is 2.69. The summed E-state index contributed by atoms with van der Waals surface area (Å²) in [5, 5.41) is 0. The van der Waals surface area contributed by atoms with E-state index in [1.807, 2.05) is 12.4 Å². The van der Waals surface area contributed by atoms with Crippen molar-refractivity contribution >= 4 is 5.96 Å². The molecule has 0 amide bonds. The van der Waals surface area contributed by atoms with E-state index in [0.29, 0.717) is 0 Å². The van der Waals surface area contributed by atoms with E-state index >= 15 is 0 Å². The van der Waals surface area contributed by atoms with Crippen LogP contribution in [0, 0.1) is 0 Å². The molecule has 0 saturated carbocycles. The Morgan fingerprint density at radius 3 is 3.24 bits per heavy atom. The van der Waals surface area contributed by atoms with Crippen LogP contribution in [0.2, 0.25) is 0 Å². The lowest BCUT2D eigenvalue weighted by Gasteiger charge is -2.29. The zero-order valence-electron chi connectivity index (χ0n) is 10.3. The first kappa shape index (κ1) is 11.9. The largest absolute Gasteiger partial charge is 0.333 e. The van der Waals surface area contributed by atoms with Gasteiger partial charge in [0.2, 0.25) is 5.96 Å². The zero-order chi connectivity index (χ0) is 12.1. The van der Waals surface area contributed by atoms with Crippen LogP contribution in [0.5, 0.6) is 0 Å². The van der Waals surface area contributed by atoms with Gasteiger partial charge in [0, 0.05) is 32.0 Å². The van der Waals surface area contributed by atoms with E-state index in [9.17, 15) is 0 Å². The number of nitrogens with one attached hydrogen (secondary N) is 1. The van der Waals surface area contributed by atoms with Crippen molar-refractivity contribution in [2.24, 2.45) is 10.8 Å². The third-order valence-corrected chi connectivity index (χ3v) is 2.95. The van der Waals surface area contributed by atoms with Crippen molar-refractivity contribution in [3.63, 3.8) is 0 Å². The summed E-state index contributed by atoms with van der Waals surface area (Å²) in [6.45, 7) is 5.59. The summed E-state index contributed by atoms with van der Waals surface area (Å²) in [6.07, 6.45) is 6.08. The average Bonchev–Trinajstić information content (AvgIpc) is 2.82. The Morgan fingerprint density at radius 2 is 2.47 bits per heavy atom. The molecule has 0 atom stereocenters. The summed E-state index contributed by atoms with van der Waals surface area (Å²) >= 11 is 0. The van der Waals surface area contributed by atoms with Gasteiger partial charge in [-0.3, -0.25) is 10.4 Å². The van der Waals surface area contributed by atoms with Crippen molar-refractivity contribution in [3.8, 4) is 0 Å². The van der Waals surface area contributed by atoms with Crippen molar-refractivity contribution in [3.05, 3.63) is 18.2 Å². The van der Waals surface area contributed by atoms with Crippen LogP contribution in [-0.4, -0.2) is 33.5 Å².